The molecule has 2 nitrogen and oxygen atoms in total. The van der Waals surface area contributed by atoms with E-state index < -0.39 is 0 Å². The Kier molecular flexibility index (Phi) is 17.7. The van der Waals surface area contributed by atoms with E-state index in [0.717, 1.165) is 35.3 Å². The van der Waals surface area contributed by atoms with Gasteiger partial charge in [-0.3, -0.25) is 4.79 Å². The van der Waals surface area contributed by atoms with Crippen LogP contribution in [0.2, 0.25) is 0 Å². The Hall–Kier alpha value is -0.960. The molecule has 0 amide bonds. The third kappa shape index (κ3) is 14.2. The van der Waals surface area contributed by atoms with Crippen LogP contribution in [-0.2, 0) is 10.5 Å². The molecule has 0 fully saturated rings. The van der Waals surface area contributed by atoms with Crippen LogP contribution in [0.25, 0.3) is 0 Å². The van der Waals surface area contributed by atoms with Crippen molar-refractivity contribution in [1.82, 2.24) is 0 Å². The molecule has 0 unspecified atom stereocenters. The predicted molar refractivity (Wildman–Crippen MR) is 143 cm³/mol. The molecule has 0 aliphatic heterocycles. The monoisotopic (exact) mass is 462 g/mol. The Morgan fingerprint density at radius 1 is 0.688 bits per heavy atom. The number of unbranched alkanes of at least 4 members (excludes halogenated alkanes) is 16. The highest BCUT2D eigenvalue weighted by Crippen LogP contribution is 2.26. The number of rotatable bonds is 20. The van der Waals surface area contributed by atoms with Crippen molar-refractivity contribution >= 4 is 18.6 Å². The van der Waals surface area contributed by atoms with Gasteiger partial charge in [0, 0.05) is 12.2 Å². The van der Waals surface area contributed by atoms with Crippen LogP contribution in [0.1, 0.15) is 139 Å². The summed E-state index contributed by atoms with van der Waals surface area (Å²) in [6, 6.07) is 4.11. The number of esters is 1. The van der Waals surface area contributed by atoms with Gasteiger partial charge in [0.15, 0.2) is 0 Å². The first kappa shape index (κ1) is 29.1. The van der Waals surface area contributed by atoms with Crippen molar-refractivity contribution in [1.29, 1.82) is 0 Å². The minimum atomic E-state index is -0.101. The SMILES string of the molecule is CCCCCCCCCCCCCCCCCCCC(=O)Oc1c(C)cc(CS)cc1C. The molecule has 0 aliphatic rings. The summed E-state index contributed by atoms with van der Waals surface area (Å²) in [7, 11) is 0. The fourth-order valence-corrected chi connectivity index (χ4v) is 4.63. The first-order valence-electron chi connectivity index (χ1n) is 13.5. The van der Waals surface area contributed by atoms with Crippen molar-refractivity contribution < 1.29 is 9.53 Å². The fraction of sp³-hybridized carbons (Fsp3) is 0.759. The zero-order valence-electron chi connectivity index (χ0n) is 21.4. The molecule has 1 aromatic rings. The number of carbonyl (C=O) groups excluding carboxylic acids is 1. The van der Waals surface area contributed by atoms with E-state index in [0.29, 0.717) is 12.2 Å². The van der Waals surface area contributed by atoms with Crippen LogP contribution in [0.4, 0.5) is 0 Å². The lowest BCUT2D eigenvalue weighted by Crippen LogP contribution is -2.09. The average molecular weight is 463 g/mol. The molecule has 1 rings (SSSR count). The third-order valence-electron chi connectivity index (χ3n) is 6.40. The van der Waals surface area contributed by atoms with E-state index in [-0.39, 0.29) is 5.97 Å². The third-order valence-corrected chi connectivity index (χ3v) is 6.77. The van der Waals surface area contributed by atoms with Crippen molar-refractivity contribution in [2.45, 2.75) is 142 Å². The van der Waals surface area contributed by atoms with Crippen molar-refractivity contribution in [2.75, 3.05) is 0 Å². The maximum atomic E-state index is 12.2. The van der Waals surface area contributed by atoms with Crippen LogP contribution in [0.5, 0.6) is 5.75 Å². The van der Waals surface area contributed by atoms with Gasteiger partial charge in [0.25, 0.3) is 0 Å². The van der Waals surface area contributed by atoms with Crippen molar-refractivity contribution in [3.63, 3.8) is 0 Å². The maximum Gasteiger partial charge on any atom is 0.311 e. The van der Waals surface area contributed by atoms with Gasteiger partial charge in [0.1, 0.15) is 5.75 Å². The van der Waals surface area contributed by atoms with Gasteiger partial charge in [-0.25, -0.2) is 0 Å². The number of ether oxygens (including phenoxy) is 1. The molecule has 0 heterocycles. The molecule has 3 heteroatoms. The lowest BCUT2D eigenvalue weighted by Gasteiger charge is -2.12. The Morgan fingerprint density at radius 3 is 1.44 bits per heavy atom. The minimum Gasteiger partial charge on any atom is -0.426 e. The second kappa shape index (κ2) is 19.5. The molecule has 0 N–H and O–H groups in total. The Bertz CT molecular complexity index is 588. The molecule has 0 atom stereocenters. The summed E-state index contributed by atoms with van der Waals surface area (Å²) in [6.45, 7) is 6.28. The van der Waals surface area contributed by atoms with Crippen LogP contribution in [-0.4, -0.2) is 5.97 Å². The molecule has 0 radical (unpaired) electrons. The predicted octanol–water partition coefficient (Wildman–Crippen LogP) is 9.68. The number of hydrogen-bond donors (Lipinski definition) is 1. The lowest BCUT2D eigenvalue weighted by atomic mass is 10.0. The van der Waals surface area contributed by atoms with Gasteiger partial charge in [-0.15, -0.1) is 0 Å². The molecule has 32 heavy (non-hydrogen) atoms. The van der Waals surface area contributed by atoms with Crippen molar-refractivity contribution in [2.24, 2.45) is 0 Å². The molecule has 0 aliphatic carbocycles. The van der Waals surface area contributed by atoms with E-state index >= 15 is 0 Å². The number of aryl methyl sites for hydroxylation is 2. The molecule has 0 aromatic heterocycles. The van der Waals surface area contributed by atoms with Gasteiger partial charge >= 0.3 is 5.97 Å². The zero-order chi connectivity index (χ0) is 23.4. The highest BCUT2D eigenvalue weighted by Gasteiger charge is 2.11. The lowest BCUT2D eigenvalue weighted by molar-refractivity contribution is -0.134. The maximum absolute atomic E-state index is 12.2. The smallest absolute Gasteiger partial charge is 0.311 e. The van der Waals surface area contributed by atoms with E-state index in [4.69, 9.17) is 4.74 Å². The largest absolute Gasteiger partial charge is 0.426 e. The second-order valence-electron chi connectivity index (χ2n) is 9.60. The van der Waals surface area contributed by atoms with Crippen LogP contribution in [0.15, 0.2) is 12.1 Å². The van der Waals surface area contributed by atoms with Gasteiger partial charge < -0.3 is 4.74 Å². The molecule has 0 bridgehead atoms. The van der Waals surface area contributed by atoms with Crippen LogP contribution in [0.3, 0.4) is 0 Å². The fourth-order valence-electron chi connectivity index (χ4n) is 4.45. The quantitative estimate of drug-likeness (QED) is 0.0903. The van der Waals surface area contributed by atoms with Gasteiger partial charge in [0.05, 0.1) is 0 Å². The van der Waals surface area contributed by atoms with Crippen LogP contribution in [0, 0.1) is 13.8 Å². The molecular formula is C29H50O2S. The zero-order valence-corrected chi connectivity index (χ0v) is 22.2. The molecule has 0 saturated carbocycles. The van der Waals surface area contributed by atoms with E-state index in [1.807, 2.05) is 13.8 Å². The number of carbonyl (C=O) groups is 1. The summed E-state index contributed by atoms with van der Waals surface area (Å²) in [5.41, 5.74) is 3.20. The Morgan fingerprint density at radius 2 is 1.06 bits per heavy atom. The standard InChI is InChI=1S/C29H50O2S/c1-4-5-6-7-8-9-10-11-12-13-14-15-16-17-18-19-20-21-28(30)31-29-25(2)22-27(24-32)23-26(29)3/h22-23,32H,4-21,24H2,1-3H3. The van der Waals surface area contributed by atoms with Crippen LogP contribution < -0.4 is 4.74 Å². The summed E-state index contributed by atoms with van der Waals surface area (Å²) < 4.78 is 5.64. The molecule has 184 valence electrons. The van der Waals surface area contributed by atoms with E-state index in [9.17, 15) is 4.79 Å². The first-order chi connectivity index (χ1) is 15.6. The summed E-state index contributed by atoms with van der Waals surface area (Å²) >= 11 is 4.33. The van der Waals surface area contributed by atoms with Gasteiger partial charge in [0.2, 0.25) is 0 Å². The number of benzene rings is 1. The minimum absolute atomic E-state index is 0.101. The molecule has 0 saturated heterocycles. The van der Waals surface area contributed by atoms with E-state index in [2.05, 4.69) is 31.7 Å². The normalized spacial score (nSPS) is 11.1. The summed E-state index contributed by atoms with van der Waals surface area (Å²) in [6.07, 6.45) is 23.5. The highest BCUT2D eigenvalue weighted by atomic mass is 32.1. The molecule has 1 aromatic carbocycles. The van der Waals surface area contributed by atoms with Crippen molar-refractivity contribution in [3.8, 4) is 5.75 Å². The molecular weight excluding hydrogens is 412 g/mol. The highest BCUT2D eigenvalue weighted by molar-refractivity contribution is 7.79. The summed E-state index contributed by atoms with van der Waals surface area (Å²) in [5, 5.41) is 0. The second-order valence-corrected chi connectivity index (χ2v) is 9.91. The summed E-state index contributed by atoms with van der Waals surface area (Å²) in [5.74, 6) is 1.33. The Labute approximate surface area is 204 Å². The Balaban J connectivity index is 1.91. The van der Waals surface area contributed by atoms with Crippen LogP contribution >= 0.6 is 12.6 Å². The van der Waals surface area contributed by atoms with E-state index in [1.54, 1.807) is 0 Å². The average Bonchev–Trinajstić information content (AvgIpc) is 2.78. The van der Waals surface area contributed by atoms with E-state index in [1.165, 1.54) is 96.3 Å². The van der Waals surface area contributed by atoms with Gasteiger partial charge in [-0.2, -0.15) is 12.6 Å². The van der Waals surface area contributed by atoms with Gasteiger partial charge in [-0.05, 0) is 37.0 Å². The number of thiol groups is 1. The van der Waals surface area contributed by atoms with Gasteiger partial charge in [-0.1, -0.05) is 122 Å². The topological polar surface area (TPSA) is 26.3 Å². The first-order valence-corrected chi connectivity index (χ1v) is 14.1. The number of hydrogen-bond acceptors (Lipinski definition) is 3. The van der Waals surface area contributed by atoms with Crippen molar-refractivity contribution in [3.05, 3.63) is 28.8 Å². The molecule has 0 spiro atoms. The summed E-state index contributed by atoms with van der Waals surface area (Å²) in [4.78, 5) is 12.2.